The van der Waals surface area contributed by atoms with Crippen molar-refractivity contribution in [1.82, 2.24) is 9.97 Å². The van der Waals surface area contributed by atoms with E-state index in [-0.39, 0.29) is 16.8 Å². The number of nitrogens with one attached hydrogen (secondary N) is 1. The van der Waals surface area contributed by atoms with Gasteiger partial charge in [0.2, 0.25) is 11.1 Å². The smallest absolute Gasteiger partial charge is 0.329 e. The van der Waals surface area contributed by atoms with Gasteiger partial charge in [-0.15, -0.1) is 0 Å². The van der Waals surface area contributed by atoms with Gasteiger partial charge in [-0.3, -0.25) is 10.1 Å². The fraction of sp³-hybridized carbons (Fsp3) is 0.556. The molecule has 17 heavy (non-hydrogen) atoms. The molecule has 0 aliphatic rings. The highest BCUT2D eigenvalue weighted by Crippen LogP contribution is 2.21. The van der Waals surface area contributed by atoms with Crippen molar-refractivity contribution in [1.29, 1.82) is 0 Å². The maximum absolute atomic E-state index is 10.7. The molecule has 0 saturated heterocycles. The van der Waals surface area contributed by atoms with E-state index >= 15 is 0 Å². The molecule has 1 aromatic rings. The number of ether oxygens (including phenoxy) is 1. The molecule has 0 spiro atoms. The molecule has 8 heteroatoms. The van der Waals surface area contributed by atoms with Gasteiger partial charge >= 0.3 is 5.69 Å². The summed E-state index contributed by atoms with van der Waals surface area (Å²) in [5, 5.41) is 13.5. The molecule has 94 valence electrons. The first-order valence-electron chi connectivity index (χ1n) is 5.05. The Morgan fingerprint density at radius 3 is 3.00 bits per heavy atom. The van der Waals surface area contributed by atoms with Crippen molar-refractivity contribution in [3.05, 3.63) is 21.6 Å². The van der Waals surface area contributed by atoms with Crippen LogP contribution in [0.1, 0.15) is 12.8 Å². The summed E-state index contributed by atoms with van der Waals surface area (Å²) >= 11 is 5.58. The highest BCUT2D eigenvalue weighted by Gasteiger charge is 2.15. The Morgan fingerprint density at radius 2 is 2.35 bits per heavy atom. The number of aromatic nitrogens is 2. The van der Waals surface area contributed by atoms with E-state index in [0.717, 1.165) is 19.0 Å². The molecule has 1 heterocycles. The van der Waals surface area contributed by atoms with Crippen LogP contribution in [-0.2, 0) is 4.74 Å². The molecule has 0 unspecified atom stereocenters. The summed E-state index contributed by atoms with van der Waals surface area (Å²) in [5.74, 6) is 0.146. The van der Waals surface area contributed by atoms with Gasteiger partial charge in [0.15, 0.2) is 0 Å². The Kier molecular flexibility index (Phi) is 5.58. The Bertz CT molecular complexity index is 389. The number of nitrogens with zero attached hydrogens (tertiary/aromatic N) is 3. The molecule has 0 bridgehead atoms. The SMILES string of the molecule is COCCCCNc1nc(Cl)ncc1[N+](=O)[O-]. The van der Waals surface area contributed by atoms with Crippen molar-refractivity contribution in [3.63, 3.8) is 0 Å². The quantitative estimate of drug-likeness (QED) is 0.348. The average molecular weight is 261 g/mol. The first kappa shape index (κ1) is 13.6. The predicted octanol–water partition coefficient (Wildman–Crippen LogP) is 1.88. The lowest BCUT2D eigenvalue weighted by Crippen LogP contribution is -2.07. The highest BCUT2D eigenvalue weighted by molar-refractivity contribution is 6.28. The lowest BCUT2D eigenvalue weighted by atomic mass is 10.3. The molecule has 0 aliphatic heterocycles. The van der Waals surface area contributed by atoms with Gasteiger partial charge in [-0.1, -0.05) is 0 Å². The molecule has 0 atom stereocenters. The Labute approximate surface area is 103 Å². The summed E-state index contributed by atoms with van der Waals surface area (Å²) < 4.78 is 4.89. The largest absolute Gasteiger partial charge is 0.385 e. The molecule has 0 saturated carbocycles. The summed E-state index contributed by atoms with van der Waals surface area (Å²) in [6.45, 7) is 1.23. The van der Waals surface area contributed by atoms with E-state index in [9.17, 15) is 10.1 Å². The van der Waals surface area contributed by atoms with Crippen LogP contribution < -0.4 is 5.32 Å². The second-order valence-electron chi connectivity index (χ2n) is 3.26. The summed E-state index contributed by atoms with van der Waals surface area (Å²) in [4.78, 5) is 17.5. The Balaban J connectivity index is 2.56. The van der Waals surface area contributed by atoms with Gasteiger partial charge in [0.25, 0.3) is 0 Å². The van der Waals surface area contributed by atoms with E-state index in [1.807, 2.05) is 0 Å². The van der Waals surface area contributed by atoms with Crippen molar-refractivity contribution >= 4 is 23.1 Å². The van der Waals surface area contributed by atoms with E-state index in [0.29, 0.717) is 13.2 Å². The van der Waals surface area contributed by atoms with Crippen molar-refractivity contribution in [2.24, 2.45) is 0 Å². The van der Waals surface area contributed by atoms with Gasteiger partial charge < -0.3 is 10.1 Å². The average Bonchev–Trinajstić information content (AvgIpc) is 2.28. The first-order valence-corrected chi connectivity index (χ1v) is 5.42. The van der Waals surface area contributed by atoms with Crippen LogP contribution in [0.2, 0.25) is 5.28 Å². The first-order chi connectivity index (χ1) is 8.15. The van der Waals surface area contributed by atoms with Gasteiger partial charge in [-0.25, -0.2) is 4.98 Å². The number of halogens is 1. The van der Waals surface area contributed by atoms with Gasteiger partial charge in [0, 0.05) is 20.3 Å². The minimum absolute atomic E-state index is 0.0185. The van der Waals surface area contributed by atoms with E-state index in [2.05, 4.69) is 15.3 Å². The van der Waals surface area contributed by atoms with E-state index in [1.165, 1.54) is 0 Å². The van der Waals surface area contributed by atoms with Crippen molar-refractivity contribution in [2.75, 3.05) is 25.6 Å². The van der Waals surface area contributed by atoms with Gasteiger partial charge in [0.05, 0.1) is 4.92 Å². The zero-order chi connectivity index (χ0) is 12.7. The lowest BCUT2D eigenvalue weighted by Gasteiger charge is -2.05. The number of nitro groups is 1. The standard InChI is InChI=1S/C9H13ClN4O3/c1-17-5-3-2-4-11-8-7(14(15)16)6-12-9(10)13-8/h6H,2-5H2,1H3,(H,11,12,13). The van der Waals surface area contributed by atoms with Crippen molar-refractivity contribution in [3.8, 4) is 0 Å². The third-order valence-corrected chi connectivity index (χ3v) is 2.19. The molecule has 0 amide bonds. The lowest BCUT2D eigenvalue weighted by molar-refractivity contribution is -0.384. The molecular formula is C9H13ClN4O3. The van der Waals surface area contributed by atoms with Crippen LogP contribution >= 0.6 is 11.6 Å². The van der Waals surface area contributed by atoms with E-state index < -0.39 is 4.92 Å². The summed E-state index contributed by atoms with van der Waals surface area (Å²) in [7, 11) is 1.63. The minimum Gasteiger partial charge on any atom is -0.385 e. The molecule has 0 radical (unpaired) electrons. The fourth-order valence-corrected chi connectivity index (χ4v) is 1.33. The summed E-state index contributed by atoms with van der Waals surface area (Å²) in [5.41, 5.74) is -0.179. The molecule has 0 aromatic carbocycles. The molecule has 1 N–H and O–H groups in total. The van der Waals surface area contributed by atoms with Crippen molar-refractivity contribution < 1.29 is 9.66 Å². The van der Waals surface area contributed by atoms with E-state index in [1.54, 1.807) is 7.11 Å². The minimum atomic E-state index is -0.548. The van der Waals surface area contributed by atoms with Gasteiger partial charge in [-0.05, 0) is 24.4 Å². The third-order valence-electron chi connectivity index (χ3n) is 2.00. The Morgan fingerprint density at radius 1 is 1.59 bits per heavy atom. The number of unbranched alkanes of at least 4 members (excludes halogenated alkanes) is 1. The molecule has 1 aromatic heterocycles. The number of hydrogen-bond acceptors (Lipinski definition) is 6. The van der Waals surface area contributed by atoms with Crippen LogP contribution in [0.15, 0.2) is 6.20 Å². The number of anilines is 1. The normalized spacial score (nSPS) is 10.2. The van der Waals surface area contributed by atoms with Crippen LogP contribution in [0.4, 0.5) is 11.5 Å². The predicted molar refractivity (Wildman–Crippen MR) is 63.3 cm³/mol. The summed E-state index contributed by atoms with van der Waals surface area (Å²) in [6, 6.07) is 0. The third kappa shape index (κ3) is 4.49. The van der Waals surface area contributed by atoms with Crippen molar-refractivity contribution in [2.45, 2.75) is 12.8 Å². The zero-order valence-electron chi connectivity index (χ0n) is 9.35. The molecule has 0 aliphatic carbocycles. The van der Waals surface area contributed by atoms with Gasteiger partial charge in [0.1, 0.15) is 6.20 Å². The van der Waals surface area contributed by atoms with Crippen LogP contribution in [0.25, 0.3) is 0 Å². The molecule has 1 rings (SSSR count). The van der Waals surface area contributed by atoms with Crippen LogP contribution in [0.5, 0.6) is 0 Å². The summed E-state index contributed by atoms with van der Waals surface area (Å²) in [6.07, 6.45) is 2.79. The second-order valence-corrected chi connectivity index (χ2v) is 3.59. The molecule has 0 fully saturated rings. The fourth-order valence-electron chi connectivity index (χ4n) is 1.20. The second kappa shape index (κ2) is 6.97. The van der Waals surface area contributed by atoms with Gasteiger partial charge in [-0.2, -0.15) is 4.98 Å². The van der Waals surface area contributed by atoms with Crippen LogP contribution in [0.3, 0.4) is 0 Å². The highest BCUT2D eigenvalue weighted by atomic mass is 35.5. The maximum Gasteiger partial charge on any atom is 0.329 e. The number of hydrogen-bond donors (Lipinski definition) is 1. The monoisotopic (exact) mass is 260 g/mol. The molecule has 7 nitrogen and oxygen atoms in total. The van der Waals surface area contributed by atoms with Crippen LogP contribution in [0, 0.1) is 10.1 Å². The topological polar surface area (TPSA) is 90.2 Å². The maximum atomic E-state index is 10.7. The van der Waals surface area contributed by atoms with Crippen LogP contribution in [-0.4, -0.2) is 35.2 Å². The zero-order valence-corrected chi connectivity index (χ0v) is 10.1. The number of rotatable bonds is 7. The Hall–Kier alpha value is -1.47. The molecular weight excluding hydrogens is 248 g/mol. The number of methoxy groups -OCH3 is 1. The van der Waals surface area contributed by atoms with E-state index in [4.69, 9.17) is 16.3 Å².